The van der Waals surface area contributed by atoms with Crippen LogP contribution in [0.5, 0.6) is 23.0 Å². The van der Waals surface area contributed by atoms with Crippen LogP contribution >= 0.6 is 20.7 Å². The molecule has 0 saturated heterocycles. The van der Waals surface area contributed by atoms with Crippen molar-refractivity contribution in [1.29, 1.82) is 0 Å². The highest BCUT2D eigenvalue weighted by Gasteiger charge is 2.30. The lowest BCUT2D eigenvalue weighted by molar-refractivity contribution is -0.274. The molecule has 7 heteroatoms. The summed E-state index contributed by atoms with van der Waals surface area (Å²) in [6, 6.07) is 18.1. The van der Waals surface area contributed by atoms with E-state index in [4.69, 9.17) is 4.74 Å². The molecule has 0 amide bonds. The van der Waals surface area contributed by atoms with E-state index in [1.807, 2.05) is 24.3 Å². The maximum Gasteiger partial charge on any atom is 0.573 e. The largest absolute Gasteiger partial charge is 0.573 e. The van der Waals surface area contributed by atoms with Crippen LogP contribution in [-0.2, 0) is 0 Å². The molecule has 30 heavy (non-hydrogen) atoms. The molecule has 0 heterocycles. The molecule has 0 aromatic heterocycles. The van der Waals surface area contributed by atoms with Crippen molar-refractivity contribution < 1.29 is 27.8 Å². The zero-order valence-corrected chi connectivity index (χ0v) is 18.3. The van der Waals surface area contributed by atoms with Crippen LogP contribution in [0, 0.1) is 3.57 Å². The molecule has 0 saturated carbocycles. The SMILES string of the molecule is CCCC=Ic1ccc(Oc2cc(-c3ccc(OC(F)(F)F)cc3)ccc2O)cc1. The van der Waals surface area contributed by atoms with Crippen LogP contribution in [-0.4, -0.2) is 15.5 Å². The molecule has 158 valence electrons. The van der Waals surface area contributed by atoms with Crippen molar-refractivity contribution in [2.75, 3.05) is 0 Å². The van der Waals surface area contributed by atoms with Gasteiger partial charge in [-0.3, -0.25) is 0 Å². The minimum atomic E-state index is -4.73. The summed E-state index contributed by atoms with van der Waals surface area (Å²) in [7, 11) is 0. The Hall–Kier alpha value is -2.55. The fourth-order valence-corrected chi connectivity index (χ4v) is 4.80. The second kappa shape index (κ2) is 9.97. The molecule has 3 aromatic carbocycles. The van der Waals surface area contributed by atoms with Gasteiger partial charge in [0.2, 0.25) is 0 Å². The third kappa shape index (κ3) is 6.48. The molecular weight excluding hydrogens is 508 g/mol. The first-order valence-corrected chi connectivity index (χ1v) is 11.6. The number of ether oxygens (including phenoxy) is 2. The molecule has 3 nitrogen and oxygen atoms in total. The lowest BCUT2D eigenvalue weighted by Crippen LogP contribution is -2.16. The third-order valence-corrected chi connectivity index (χ3v) is 6.52. The molecule has 0 atom stereocenters. The average Bonchev–Trinajstić information content (AvgIpc) is 2.71. The van der Waals surface area contributed by atoms with E-state index < -0.39 is 6.36 Å². The van der Waals surface area contributed by atoms with Gasteiger partial charge < -0.3 is 14.6 Å². The van der Waals surface area contributed by atoms with Crippen molar-refractivity contribution in [3.8, 4) is 34.1 Å². The van der Waals surface area contributed by atoms with Gasteiger partial charge >= 0.3 is 6.36 Å². The highest BCUT2D eigenvalue weighted by molar-refractivity contribution is 14.2. The van der Waals surface area contributed by atoms with Gasteiger partial charge in [-0.2, -0.15) is 0 Å². The Morgan fingerprint density at radius 2 is 1.53 bits per heavy atom. The van der Waals surface area contributed by atoms with Gasteiger partial charge in [-0.05, 0) is 66.1 Å². The van der Waals surface area contributed by atoms with Gasteiger partial charge in [-0.15, -0.1) is 13.2 Å². The molecule has 0 unspecified atom stereocenters. The molecule has 3 rings (SSSR count). The molecule has 0 bridgehead atoms. The van der Waals surface area contributed by atoms with Crippen molar-refractivity contribution in [3.05, 3.63) is 70.3 Å². The van der Waals surface area contributed by atoms with Crippen molar-refractivity contribution in [2.24, 2.45) is 0 Å². The molecule has 3 aromatic rings. The summed E-state index contributed by atoms with van der Waals surface area (Å²) in [6.07, 6.45) is -2.46. The number of rotatable bonds is 7. The number of aromatic hydroxyl groups is 1. The fraction of sp³-hybridized carbons (Fsp3) is 0.174. The van der Waals surface area contributed by atoms with Crippen LogP contribution < -0.4 is 9.47 Å². The van der Waals surface area contributed by atoms with Crippen LogP contribution in [0.1, 0.15) is 19.8 Å². The summed E-state index contributed by atoms with van der Waals surface area (Å²) < 4.78 is 50.3. The predicted molar refractivity (Wildman–Crippen MR) is 120 cm³/mol. The van der Waals surface area contributed by atoms with E-state index in [0.29, 0.717) is 16.9 Å². The van der Waals surface area contributed by atoms with Gasteiger partial charge in [0.25, 0.3) is 0 Å². The summed E-state index contributed by atoms with van der Waals surface area (Å²) in [4.78, 5) is 0. The minimum Gasteiger partial charge on any atom is -0.504 e. The number of hydrogen-bond donors (Lipinski definition) is 1. The normalized spacial score (nSPS) is 11.9. The Labute approximate surface area is 182 Å². The first kappa shape index (κ1) is 22.1. The minimum absolute atomic E-state index is 0.0245. The molecule has 0 aliphatic rings. The summed E-state index contributed by atoms with van der Waals surface area (Å²) in [5, 5.41) is 10.1. The zero-order valence-electron chi connectivity index (χ0n) is 16.1. The molecular formula is C23H20F3IO3. The quantitative estimate of drug-likeness (QED) is 0.323. The standard InChI is InChI=1S/C23H20F3IO3/c1-2-3-14-27-18-7-11-19(12-8-18)29-22-15-17(6-13-21(22)28)16-4-9-20(10-5-16)30-23(24,25)26/h4-15,28H,2-3H2,1H3. The highest BCUT2D eigenvalue weighted by Crippen LogP contribution is 2.36. The van der Waals surface area contributed by atoms with Crippen molar-refractivity contribution >= 4 is 24.7 Å². The molecule has 0 aliphatic carbocycles. The van der Waals surface area contributed by atoms with E-state index in [0.717, 1.165) is 12.8 Å². The first-order valence-electron chi connectivity index (χ1n) is 9.26. The summed E-state index contributed by atoms with van der Waals surface area (Å²) in [5.74, 6) is 0.548. The Balaban J connectivity index is 1.75. The maximum atomic E-state index is 12.3. The topological polar surface area (TPSA) is 38.7 Å². The Bertz CT molecular complexity index is 998. The van der Waals surface area contributed by atoms with Crippen LogP contribution in [0.2, 0.25) is 0 Å². The molecule has 0 radical (unpaired) electrons. The number of phenolic OH excluding ortho intramolecular Hbond substituents is 1. The molecule has 0 spiro atoms. The summed E-state index contributed by atoms with van der Waals surface area (Å²) in [5.41, 5.74) is 1.36. The zero-order chi connectivity index (χ0) is 21.6. The maximum absolute atomic E-state index is 12.3. The summed E-state index contributed by atoms with van der Waals surface area (Å²) in [6.45, 7) is 2.16. The Morgan fingerprint density at radius 3 is 2.17 bits per heavy atom. The van der Waals surface area contributed by atoms with E-state index in [1.54, 1.807) is 12.1 Å². The van der Waals surface area contributed by atoms with Gasteiger partial charge in [-0.25, -0.2) is 0 Å². The third-order valence-electron chi connectivity index (χ3n) is 4.02. The van der Waals surface area contributed by atoms with Crippen molar-refractivity contribution in [2.45, 2.75) is 26.1 Å². The van der Waals surface area contributed by atoms with E-state index in [1.165, 1.54) is 33.9 Å². The molecule has 0 fully saturated rings. The van der Waals surface area contributed by atoms with Gasteiger partial charge in [0, 0.05) is 3.57 Å². The van der Waals surface area contributed by atoms with Gasteiger partial charge in [0.15, 0.2) is 11.5 Å². The number of halogens is 4. The second-order valence-corrected chi connectivity index (χ2v) is 9.11. The van der Waals surface area contributed by atoms with Crippen molar-refractivity contribution in [3.63, 3.8) is 0 Å². The smallest absolute Gasteiger partial charge is 0.504 e. The van der Waals surface area contributed by atoms with Crippen LogP contribution in [0.15, 0.2) is 66.7 Å². The number of benzene rings is 3. The summed E-state index contributed by atoms with van der Waals surface area (Å²) >= 11 is -0.118. The predicted octanol–water partition coefficient (Wildman–Crippen LogP) is 7.49. The first-order chi connectivity index (χ1) is 14.3. The molecule has 0 aliphatic heterocycles. The van der Waals surface area contributed by atoms with Gasteiger partial charge in [0.1, 0.15) is 11.5 Å². The van der Waals surface area contributed by atoms with Gasteiger partial charge in [-0.1, -0.05) is 56.3 Å². The van der Waals surface area contributed by atoms with E-state index in [-0.39, 0.29) is 38.0 Å². The second-order valence-electron chi connectivity index (χ2n) is 6.36. The lowest BCUT2D eigenvalue weighted by atomic mass is 10.1. The van der Waals surface area contributed by atoms with Crippen LogP contribution in [0.25, 0.3) is 11.1 Å². The lowest BCUT2D eigenvalue weighted by Gasteiger charge is -2.11. The number of unbranched alkanes of at least 4 members (excludes halogenated alkanes) is 1. The van der Waals surface area contributed by atoms with Crippen LogP contribution in [0.4, 0.5) is 13.2 Å². The highest BCUT2D eigenvalue weighted by atomic mass is 127. The Kier molecular flexibility index (Phi) is 7.36. The van der Waals surface area contributed by atoms with Gasteiger partial charge in [0.05, 0.1) is 0 Å². The average molecular weight is 528 g/mol. The number of hydrogen-bond acceptors (Lipinski definition) is 3. The Morgan fingerprint density at radius 1 is 0.900 bits per heavy atom. The van der Waals surface area contributed by atoms with E-state index in [2.05, 4.69) is 15.7 Å². The van der Waals surface area contributed by atoms with Crippen LogP contribution in [0.3, 0.4) is 0 Å². The number of phenols is 1. The van der Waals surface area contributed by atoms with E-state index >= 15 is 0 Å². The molecule has 1 N–H and O–H groups in total. The monoisotopic (exact) mass is 528 g/mol. The number of alkyl halides is 3. The fourth-order valence-electron chi connectivity index (χ4n) is 2.58. The van der Waals surface area contributed by atoms with E-state index in [9.17, 15) is 18.3 Å². The van der Waals surface area contributed by atoms with Crippen molar-refractivity contribution in [1.82, 2.24) is 0 Å².